The summed E-state index contributed by atoms with van der Waals surface area (Å²) in [6, 6.07) is 5.86. The number of nitrogens with two attached hydrogens (primary N) is 1. The highest BCUT2D eigenvalue weighted by atomic mass is 28.4. The second-order valence-electron chi connectivity index (χ2n) is 13.3. The van der Waals surface area contributed by atoms with E-state index >= 15 is 0 Å². The zero-order valence-electron chi connectivity index (χ0n) is 25.5. The quantitative estimate of drug-likeness (QED) is 0.363. The maximum atomic E-state index is 14.2. The van der Waals surface area contributed by atoms with Crippen molar-refractivity contribution >= 4 is 32.6 Å². The predicted octanol–water partition coefficient (Wildman–Crippen LogP) is 4.65. The van der Waals surface area contributed by atoms with Crippen molar-refractivity contribution in [2.24, 2.45) is 11.7 Å². The van der Waals surface area contributed by atoms with Gasteiger partial charge >= 0.3 is 12.1 Å². The third-order valence-corrected chi connectivity index (χ3v) is 13.6. The van der Waals surface area contributed by atoms with E-state index in [1.54, 1.807) is 34.1 Å². The Morgan fingerprint density at radius 2 is 1.88 bits per heavy atom. The smallest absolute Gasteiger partial charge is 0.409 e. The molecule has 1 aromatic carbocycles. The van der Waals surface area contributed by atoms with E-state index in [9.17, 15) is 19.2 Å². The zero-order chi connectivity index (χ0) is 30.7. The summed E-state index contributed by atoms with van der Waals surface area (Å²) in [7, 11) is -2.18. The average molecular weight is 598 g/mol. The molecule has 11 heteroatoms. The van der Waals surface area contributed by atoms with Crippen LogP contribution in [0.3, 0.4) is 0 Å². The highest BCUT2D eigenvalue weighted by Crippen LogP contribution is 2.44. The first-order valence-corrected chi connectivity index (χ1v) is 17.8. The minimum atomic E-state index is -2.18. The van der Waals surface area contributed by atoms with E-state index in [0.717, 1.165) is 31.2 Å². The number of allylic oxidation sites excluding steroid dienone is 1. The Labute approximate surface area is 250 Å². The number of carbonyl (C=O) groups excluding carboxylic acids is 4. The van der Waals surface area contributed by atoms with Gasteiger partial charge in [0.1, 0.15) is 17.3 Å². The molecule has 1 aliphatic carbocycles. The lowest BCUT2D eigenvalue weighted by molar-refractivity contribution is -0.125. The monoisotopic (exact) mass is 597 g/mol. The van der Waals surface area contributed by atoms with Crippen LogP contribution in [0.15, 0.2) is 36.4 Å². The van der Waals surface area contributed by atoms with Crippen LogP contribution in [0.25, 0.3) is 0 Å². The molecule has 3 aliphatic rings. The number of hydrogen-bond acceptors (Lipinski definition) is 6. The molecule has 1 saturated carbocycles. The van der Waals surface area contributed by atoms with Crippen LogP contribution in [0.2, 0.25) is 18.1 Å². The maximum Gasteiger partial charge on any atom is 0.409 e. The summed E-state index contributed by atoms with van der Waals surface area (Å²) in [5.41, 5.74) is 4.94. The van der Waals surface area contributed by atoms with E-state index in [2.05, 4.69) is 51.5 Å². The lowest BCUT2D eigenvalue weighted by Gasteiger charge is -2.38. The van der Waals surface area contributed by atoms with Gasteiger partial charge in [-0.15, -0.1) is 0 Å². The molecule has 2 aliphatic heterocycles. The highest BCUT2D eigenvalue weighted by Gasteiger charge is 2.57. The molecule has 1 radical (unpaired) electrons. The largest absolute Gasteiger partial charge is 0.412 e. The molecule has 4 rings (SSSR count). The second kappa shape index (κ2) is 12.6. The topological polar surface area (TPSA) is 131 Å². The molecule has 0 bridgehead atoms. The molecule has 0 aromatic heterocycles. The van der Waals surface area contributed by atoms with E-state index in [-0.39, 0.29) is 29.0 Å². The number of carbonyl (C=O) groups is 3. The van der Waals surface area contributed by atoms with Crippen LogP contribution in [0.4, 0.5) is 9.59 Å². The molecular weight excluding hydrogens is 552 g/mol. The first kappa shape index (κ1) is 31.7. The van der Waals surface area contributed by atoms with Crippen LogP contribution in [0, 0.1) is 5.92 Å². The molecule has 2 fully saturated rings. The summed E-state index contributed by atoms with van der Waals surface area (Å²) in [6.45, 7) is 12.0. The molecule has 1 aromatic rings. The van der Waals surface area contributed by atoms with Crippen LogP contribution >= 0.6 is 0 Å². The molecule has 42 heavy (non-hydrogen) atoms. The SMILES string of the molecule is CC(C)(C)[Si](C)(C)OC1CC2C(=O)NC3([C]=O)CC3/C=C/CCCCCN(Cc3ccc(OC(N)=O)cc3)C(=O)N2C1. The Hall–Kier alpha value is -3.18. The Balaban J connectivity index is 1.61. The summed E-state index contributed by atoms with van der Waals surface area (Å²) < 4.78 is 11.6. The number of urea groups is 1. The van der Waals surface area contributed by atoms with E-state index in [1.165, 1.54) is 0 Å². The molecule has 4 amide bonds. The molecule has 229 valence electrons. The second-order valence-corrected chi connectivity index (χ2v) is 18.1. The van der Waals surface area contributed by atoms with Gasteiger partial charge in [-0.3, -0.25) is 9.59 Å². The number of hydrogen-bond donors (Lipinski definition) is 2. The van der Waals surface area contributed by atoms with Crippen molar-refractivity contribution in [2.75, 3.05) is 13.1 Å². The molecule has 1 saturated heterocycles. The van der Waals surface area contributed by atoms with Gasteiger partial charge in [-0.1, -0.05) is 51.5 Å². The van der Waals surface area contributed by atoms with Crippen molar-refractivity contribution in [1.82, 2.24) is 15.1 Å². The molecular formula is C31H45N4O6Si. The molecule has 3 N–H and O–H groups in total. The van der Waals surface area contributed by atoms with E-state index < -0.39 is 26.0 Å². The normalized spacial score (nSPS) is 28.1. The van der Waals surface area contributed by atoms with Crippen molar-refractivity contribution in [3.05, 3.63) is 42.0 Å². The predicted molar refractivity (Wildman–Crippen MR) is 162 cm³/mol. The van der Waals surface area contributed by atoms with Crippen molar-refractivity contribution in [2.45, 2.75) is 102 Å². The van der Waals surface area contributed by atoms with Gasteiger partial charge in [-0.25, -0.2) is 9.59 Å². The molecule has 2 heterocycles. The Morgan fingerprint density at radius 1 is 1.17 bits per heavy atom. The third kappa shape index (κ3) is 7.41. The third-order valence-electron chi connectivity index (χ3n) is 9.07. The van der Waals surface area contributed by atoms with Gasteiger partial charge in [-0.05, 0) is 61.5 Å². The standard InChI is InChI=1S/C31H45N4O6Si/c1-30(2,3)42(4,5)41-25-17-26-27(37)33-31(21-36)18-23(31)11-9-7-6-8-10-16-34(29(39)35(26)20-25)19-22-12-14-24(15-13-22)40-28(32)38/h9,11-15,23,25-26H,6-8,10,16-20H2,1-5H3,(H2,32,38)(H,33,37)/b11-9+. The average Bonchev–Trinajstić information content (AvgIpc) is 3.42. The van der Waals surface area contributed by atoms with Gasteiger partial charge in [0.15, 0.2) is 8.32 Å². The van der Waals surface area contributed by atoms with E-state index in [4.69, 9.17) is 14.9 Å². The lowest BCUT2D eigenvalue weighted by atomic mass is 10.1. The lowest BCUT2D eigenvalue weighted by Crippen LogP contribution is -2.53. The van der Waals surface area contributed by atoms with Crippen LogP contribution in [-0.4, -0.2) is 73.2 Å². The summed E-state index contributed by atoms with van der Waals surface area (Å²) in [5.74, 6) is -0.0949. The number of primary amides is 1. The molecule has 0 spiro atoms. The first-order valence-electron chi connectivity index (χ1n) is 14.9. The van der Waals surface area contributed by atoms with E-state index in [1.807, 2.05) is 6.08 Å². The number of nitrogens with one attached hydrogen (secondary N) is 1. The Morgan fingerprint density at radius 3 is 2.52 bits per heavy atom. The Kier molecular flexibility index (Phi) is 9.51. The van der Waals surface area contributed by atoms with Crippen LogP contribution in [-0.2, 0) is 20.6 Å². The number of amides is 4. The van der Waals surface area contributed by atoms with Crippen molar-refractivity contribution < 1.29 is 28.3 Å². The highest BCUT2D eigenvalue weighted by molar-refractivity contribution is 6.74. The number of ether oxygens (including phenoxy) is 1. The summed E-state index contributed by atoms with van der Waals surface area (Å²) in [5, 5.41) is 2.93. The maximum absolute atomic E-state index is 14.2. The van der Waals surface area contributed by atoms with Gasteiger partial charge in [-0.2, -0.15) is 0 Å². The van der Waals surface area contributed by atoms with E-state index in [0.29, 0.717) is 38.2 Å². The summed E-state index contributed by atoms with van der Waals surface area (Å²) in [4.78, 5) is 54.5. The summed E-state index contributed by atoms with van der Waals surface area (Å²) >= 11 is 0. The van der Waals surface area contributed by atoms with Crippen LogP contribution in [0.5, 0.6) is 5.75 Å². The molecule has 4 atom stereocenters. The van der Waals surface area contributed by atoms with Crippen LogP contribution in [0.1, 0.15) is 64.9 Å². The van der Waals surface area contributed by atoms with Gasteiger partial charge in [0.05, 0.1) is 6.10 Å². The minimum Gasteiger partial charge on any atom is -0.412 e. The Bertz CT molecular complexity index is 1200. The number of rotatable bonds is 6. The van der Waals surface area contributed by atoms with Crippen molar-refractivity contribution in [3.63, 3.8) is 0 Å². The molecule has 10 nitrogen and oxygen atoms in total. The molecule has 4 unspecified atom stereocenters. The fourth-order valence-corrected chi connectivity index (χ4v) is 6.83. The van der Waals surface area contributed by atoms with Gasteiger partial charge in [0, 0.05) is 32.0 Å². The van der Waals surface area contributed by atoms with Gasteiger partial charge in [0.2, 0.25) is 12.2 Å². The fourth-order valence-electron chi connectivity index (χ4n) is 5.47. The number of benzene rings is 1. The minimum absolute atomic E-state index is 0.0313. The number of fused-ring (bicyclic) bond motifs is 2. The van der Waals surface area contributed by atoms with Gasteiger partial charge < -0.3 is 30.0 Å². The number of nitrogens with zero attached hydrogens (tertiary/aromatic N) is 2. The van der Waals surface area contributed by atoms with Crippen molar-refractivity contribution in [3.8, 4) is 5.75 Å². The van der Waals surface area contributed by atoms with Gasteiger partial charge in [0.25, 0.3) is 0 Å². The summed E-state index contributed by atoms with van der Waals surface area (Å²) in [6.07, 6.45) is 9.47. The van der Waals surface area contributed by atoms with Crippen LogP contribution < -0.4 is 15.8 Å². The van der Waals surface area contributed by atoms with Crippen molar-refractivity contribution in [1.29, 1.82) is 0 Å². The zero-order valence-corrected chi connectivity index (χ0v) is 26.5. The fraction of sp³-hybridized carbons (Fsp3) is 0.613. The first-order chi connectivity index (χ1) is 19.7.